The minimum Gasteiger partial charge on any atom is -0.461 e. The minimum atomic E-state index is 0.348. The highest BCUT2D eigenvalue weighted by atomic mass is 16.5. The first kappa shape index (κ1) is 10.7. The van der Waals surface area contributed by atoms with Gasteiger partial charge in [-0.15, -0.1) is 5.10 Å². The van der Waals surface area contributed by atoms with Crippen molar-refractivity contribution in [2.75, 3.05) is 0 Å². The van der Waals surface area contributed by atoms with Crippen LogP contribution in [-0.4, -0.2) is 25.1 Å². The van der Waals surface area contributed by atoms with E-state index in [1.54, 1.807) is 29.3 Å². The lowest BCUT2D eigenvalue weighted by Crippen LogP contribution is -2.00. The van der Waals surface area contributed by atoms with Gasteiger partial charge in [0.05, 0.1) is 18.2 Å². The van der Waals surface area contributed by atoms with Crippen LogP contribution in [0.5, 0.6) is 0 Å². The number of nitrogens with zero attached hydrogens (tertiary/aromatic N) is 5. The molecular formula is C10H10N6O2. The molecule has 3 aromatic rings. The van der Waals surface area contributed by atoms with Crippen LogP contribution in [-0.2, 0) is 13.1 Å². The van der Waals surface area contributed by atoms with Gasteiger partial charge in [0.1, 0.15) is 6.54 Å². The highest BCUT2D eigenvalue weighted by Gasteiger charge is 2.11. The van der Waals surface area contributed by atoms with E-state index in [2.05, 4.69) is 20.5 Å². The molecule has 0 unspecified atom stereocenters. The van der Waals surface area contributed by atoms with Gasteiger partial charge in [0.25, 0.3) is 0 Å². The standard InChI is InChI=1S/C10H10N6O2/c11-4-7-5-16(15-13-7)6-9-12-10(14-18-9)8-2-1-3-17-8/h1-3,5H,4,6,11H2. The molecule has 0 bridgehead atoms. The van der Waals surface area contributed by atoms with E-state index in [0.29, 0.717) is 36.3 Å². The summed E-state index contributed by atoms with van der Waals surface area (Å²) in [4.78, 5) is 4.19. The molecule has 3 heterocycles. The highest BCUT2D eigenvalue weighted by molar-refractivity contribution is 5.44. The number of hydrogen-bond donors (Lipinski definition) is 1. The second-order valence-corrected chi connectivity index (χ2v) is 3.60. The maximum Gasteiger partial charge on any atom is 0.248 e. The molecule has 3 aromatic heterocycles. The number of hydrogen-bond acceptors (Lipinski definition) is 7. The summed E-state index contributed by atoms with van der Waals surface area (Å²) >= 11 is 0. The Labute approximate surface area is 101 Å². The maximum atomic E-state index is 5.45. The van der Waals surface area contributed by atoms with Crippen molar-refractivity contribution < 1.29 is 8.94 Å². The molecule has 0 aromatic carbocycles. The molecule has 0 aliphatic rings. The predicted molar refractivity (Wildman–Crippen MR) is 59.0 cm³/mol. The lowest BCUT2D eigenvalue weighted by atomic mass is 10.4. The van der Waals surface area contributed by atoms with E-state index >= 15 is 0 Å². The highest BCUT2D eigenvalue weighted by Crippen LogP contribution is 2.15. The number of rotatable bonds is 4. The molecule has 8 heteroatoms. The van der Waals surface area contributed by atoms with Crippen molar-refractivity contribution in [3.8, 4) is 11.6 Å². The molecule has 8 nitrogen and oxygen atoms in total. The van der Waals surface area contributed by atoms with E-state index in [1.165, 1.54) is 0 Å². The average molecular weight is 246 g/mol. The zero-order chi connectivity index (χ0) is 12.4. The second-order valence-electron chi connectivity index (χ2n) is 3.60. The summed E-state index contributed by atoms with van der Waals surface area (Å²) in [6.45, 7) is 0.697. The van der Waals surface area contributed by atoms with Crippen LogP contribution in [0.4, 0.5) is 0 Å². The Morgan fingerprint density at radius 3 is 3.06 bits per heavy atom. The van der Waals surface area contributed by atoms with Crippen molar-refractivity contribution >= 4 is 0 Å². The van der Waals surface area contributed by atoms with Gasteiger partial charge in [0.15, 0.2) is 5.76 Å². The Bertz CT molecular complexity index is 626. The molecule has 0 fully saturated rings. The SMILES string of the molecule is NCc1cn(Cc2nc(-c3ccco3)no2)nn1. The van der Waals surface area contributed by atoms with Crippen LogP contribution in [0.3, 0.4) is 0 Å². The topological polar surface area (TPSA) is 109 Å². The van der Waals surface area contributed by atoms with Gasteiger partial charge in [-0.3, -0.25) is 0 Å². The van der Waals surface area contributed by atoms with Crippen LogP contribution in [0.25, 0.3) is 11.6 Å². The van der Waals surface area contributed by atoms with Crippen LogP contribution in [0.2, 0.25) is 0 Å². The Balaban J connectivity index is 1.77. The van der Waals surface area contributed by atoms with E-state index in [9.17, 15) is 0 Å². The van der Waals surface area contributed by atoms with Gasteiger partial charge in [-0.2, -0.15) is 4.98 Å². The van der Waals surface area contributed by atoms with Gasteiger partial charge in [-0.05, 0) is 12.1 Å². The number of nitrogens with two attached hydrogens (primary N) is 1. The fourth-order valence-electron chi connectivity index (χ4n) is 1.47. The Hall–Kier alpha value is -2.48. The third kappa shape index (κ3) is 2.00. The third-order valence-corrected chi connectivity index (χ3v) is 2.30. The monoisotopic (exact) mass is 246 g/mol. The third-order valence-electron chi connectivity index (χ3n) is 2.30. The molecule has 0 spiro atoms. The molecule has 0 atom stereocenters. The molecule has 0 saturated carbocycles. The molecule has 0 saturated heterocycles. The van der Waals surface area contributed by atoms with Gasteiger partial charge < -0.3 is 14.7 Å². The van der Waals surface area contributed by atoms with Crippen molar-refractivity contribution in [3.05, 3.63) is 36.2 Å². The van der Waals surface area contributed by atoms with E-state index in [4.69, 9.17) is 14.7 Å². The first-order valence-electron chi connectivity index (χ1n) is 5.30. The first-order valence-corrected chi connectivity index (χ1v) is 5.30. The van der Waals surface area contributed by atoms with Crippen molar-refractivity contribution in [3.63, 3.8) is 0 Å². The van der Waals surface area contributed by atoms with Crippen molar-refractivity contribution in [2.45, 2.75) is 13.1 Å². The number of aromatic nitrogens is 5. The molecule has 0 amide bonds. The largest absolute Gasteiger partial charge is 0.461 e. The van der Waals surface area contributed by atoms with E-state index < -0.39 is 0 Å². The van der Waals surface area contributed by atoms with E-state index in [-0.39, 0.29) is 0 Å². The van der Waals surface area contributed by atoms with Crippen LogP contribution >= 0.6 is 0 Å². The van der Waals surface area contributed by atoms with E-state index in [1.807, 2.05) is 0 Å². The van der Waals surface area contributed by atoms with Crippen molar-refractivity contribution in [2.24, 2.45) is 5.73 Å². The lowest BCUT2D eigenvalue weighted by molar-refractivity contribution is 0.363. The van der Waals surface area contributed by atoms with Crippen LogP contribution < -0.4 is 5.73 Å². The Morgan fingerprint density at radius 2 is 2.33 bits per heavy atom. The van der Waals surface area contributed by atoms with Gasteiger partial charge in [0, 0.05) is 6.54 Å². The van der Waals surface area contributed by atoms with Crippen LogP contribution in [0.1, 0.15) is 11.6 Å². The van der Waals surface area contributed by atoms with Gasteiger partial charge >= 0.3 is 0 Å². The number of furan rings is 1. The van der Waals surface area contributed by atoms with Gasteiger partial charge in [-0.25, -0.2) is 4.68 Å². The average Bonchev–Trinajstić information content (AvgIpc) is 3.10. The Morgan fingerprint density at radius 1 is 1.39 bits per heavy atom. The van der Waals surface area contributed by atoms with Crippen LogP contribution in [0.15, 0.2) is 33.5 Å². The zero-order valence-electron chi connectivity index (χ0n) is 9.35. The summed E-state index contributed by atoms with van der Waals surface area (Å²) in [7, 11) is 0. The van der Waals surface area contributed by atoms with E-state index in [0.717, 1.165) is 0 Å². The van der Waals surface area contributed by atoms with Gasteiger partial charge in [0.2, 0.25) is 11.7 Å². The van der Waals surface area contributed by atoms with Crippen LogP contribution in [0, 0.1) is 0 Å². The van der Waals surface area contributed by atoms with Crippen molar-refractivity contribution in [1.82, 2.24) is 25.1 Å². The van der Waals surface area contributed by atoms with Crippen molar-refractivity contribution in [1.29, 1.82) is 0 Å². The van der Waals surface area contributed by atoms with Gasteiger partial charge in [-0.1, -0.05) is 10.4 Å². The summed E-state index contributed by atoms with van der Waals surface area (Å²) in [5, 5.41) is 11.6. The summed E-state index contributed by atoms with van der Waals surface area (Å²) in [6, 6.07) is 3.52. The lowest BCUT2D eigenvalue weighted by Gasteiger charge is -1.91. The summed E-state index contributed by atoms with van der Waals surface area (Å²) in [6.07, 6.45) is 3.28. The quantitative estimate of drug-likeness (QED) is 0.710. The second kappa shape index (κ2) is 4.41. The predicted octanol–water partition coefficient (Wildman–Crippen LogP) is 0.428. The molecule has 92 valence electrons. The molecule has 0 aliphatic heterocycles. The summed E-state index contributed by atoms with van der Waals surface area (Å²) in [5.74, 6) is 1.40. The molecule has 3 rings (SSSR count). The zero-order valence-corrected chi connectivity index (χ0v) is 9.35. The summed E-state index contributed by atoms with van der Waals surface area (Å²) < 4.78 is 11.8. The maximum absolute atomic E-state index is 5.45. The summed E-state index contributed by atoms with van der Waals surface area (Å²) in [5.41, 5.74) is 6.15. The molecule has 2 N–H and O–H groups in total. The normalized spacial score (nSPS) is 10.9. The smallest absolute Gasteiger partial charge is 0.248 e. The molecule has 0 aliphatic carbocycles. The molecule has 18 heavy (non-hydrogen) atoms. The first-order chi connectivity index (χ1) is 8.85. The Kier molecular flexibility index (Phi) is 2.61. The molecular weight excluding hydrogens is 236 g/mol. The fraction of sp³-hybridized carbons (Fsp3) is 0.200. The fourth-order valence-corrected chi connectivity index (χ4v) is 1.47. The molecule has 0 radical (unpaired) electrons. The minimum absolute atomic E-state index is 0.348.